The molecule has 0 saturated carbocycles. The predicted octanol–water partition coefficient (Wildman–Crippen LogP) is 6.91. The van der Waals surface area contributed by atoms with E-state index in [4.69, 9.17) is 4.74 Å². The Bertz CT molecular complexity index is 915. The summed E-state index contributed by atoms with van der Waals surface area (Å²) in [7, 11) is 0. The van der Waals surface area contributed by atoms with Crippen molar-refractivity contribution in [1.29, 1.82) is 0 Å². The van der Waals surface area contributed by atoms with Crippen molar-refractivity contribution in [3.8, 4) is 0 Å². The number of carbonyl (C=O) groups excluding carboxylic acids is 1. The Balaban J connectivity index is 1.93. The van der Waals surface area contributed by atoms with E-state index in [1.165, 1.54) is 11.1 Å². The fraction of sp³-hybridized carbons (Fsp3) is 0.296. The summed E-state index contributed by atoms with van der Waals surface area (Å²) in [6.07, 6.45) is 1.47. The van der Waals surface area contributed by atoms with Gasteiger partial charge in [-0.15, -0.1) is 0 Å². The molecule has 0 N–H and O–H groups in total. The van der Waals surface area contributed by atoms with Gasteiger partial charge >= 0.3 is 5.97 Å². The van der Waals surface area contributed by atoms with Crippen LogP contribution in [0.2, 0.25) is 0 Å². The van der Waals surface area contributed by atoms with E-state index in [0.29, 0.717) is 13.0 Å². The summed E-state index contributed by atoms with van der Waals surface area (Å²) in [5.74, 6) is -0.180. The van der Waals surface area contributed by atoms with E-state index in [9.17, 15) is 4.79 Å². The van der Waals surface area contributed by atoms with Gasteiger partial charge in [-0.05, 0) is 56.2 Å². The monoisotopic (exact) mass is 401 g/mol. The minimum Gasteiger partial charge on any atom is -0.465 e. The molecule has 0 saturated heterocycles. The molecule has 3 aromatic rings. The van der Waals surface area contributed by atoms with E-state index < -0.39 is 0 Å². The number of benzene rings is 3. The fourth-order valence-corrected chi connectivity index (χ4v) is 3.33. The topological polar surface area (TPSA) is 29.5 Å². The Morgan fingerprint density at radius 2 is 1.40 bits per heavy atom. The van der Waals surface area contributed by atoms with Crippen molar-refractivity contribution >= 4 is 23.0 Å². The third-order valence-electron chi connectivity index (χ3n) is 5.45. The Hall–Kier alpha value is -3.07. The van der Waals surface area contributed by atoms with Crippen molar-refractivity contribution in [2.75, 3.05) is 11.5 Å². The number of ether oxygens (including phenoxy) is 1. The molecule has 3 aromatic carbocycles. The molecular weight excluding hydrogens is 370 g/mol. The van der Waals surface area contributed by atoms with Crippen molar-refractivity contribution < 1.29 is 9.53 Å². The molecule has 0 aromatic heterocycles. The highest BCUT2D eigenvalue weighted by Crippen LogP contribution is 2.37. The van der Waals surface area contributed by atoms with Crippen LogP contribution in [0.1, 0.15) is 37.0 Å². The average Bonchev–Trinajstić information content (AvgIpc) is 2.77. The first-order valence-electron chi connectivity index (χ1n) is 10.7. The molecule has 0 heterocycles. The SMILES string of the molecule is CCC(C)C(=O)OCCc1ccccc1N(c1ccc(C)cc1)c1ccc(C)cc1. The third kappa shape index (κ3) is 5.29. The largest absolute Gasteiger partial charge is 0.465 e. The Labute approximate surface area is 180 Å². The van der Waals surface area contributed by atoms with Crippen LogP contribution in [0.5, 0.6) is 0 Å². The normalized spacial score (nSPS) is 11.7. The van der Waals surface area contributed by atoms with Gasteiger partial charge < -0.3 is 9.64 Å². The van der Waals surface area contributed by atoms with Crippen molar-refractivity contribution in [1.82, 2.24) is 0 Å². The van der Waals surface area contributed by atoms with Gasteiger partial charge in [0, 0.05) is 23.5 Å². The number of anilines is 3. The van der Waals surface area contributed by atoms with E-state index >= 15 is 0 Å². The smallest absolute Gasteiger partial charge is 0.308 e. The highest BCUT2D eigenvalue weighted by atomic mass is 16.5. The van der Waals surface area contributed by atoms with E-state index in [-0.39, 0.29) is 11.9 Å². The van der Waals surface area contributed by atoms with Gasteiger partial charge in [0.25, 0.3) is 0 Å². The lowest BCUT2D eigenvalue weighted by atomic mass is 10.1. The standard InChI is InChI=1S/C27H31NO2/c1-5-22(4)27(29)30-19-18-23-8-6-7-9-26(23)28(24-14-10-20(2)11-15-24)25-16-12-21(3)13-17-25/h6-17,22H,5,18-19H2,1-4H3. The molecule has 30 heavy (non-hydrogen) atoms. The Kier molecular flexibility index (Phi) is 7.29. The highest BCUT2D eigenvalue weighted by Gasteiger charge is 2.17. The molecule has 0 fully saturated rings. The zero-order valence-corrected chi connectivity index (χ0v) is 18.4. The lowest BCUT2D eigenvalue weighted by Gasteiger charge is -2.28. The minimum atomic E-state index is -0.121. The van der Waals surface area contributed by atoms with Gasteiger partial charge in [-0.25, -0.2) is 0 Å². The summed E-state index contributed by atoms with van der Waals surface area (Å²) >= 11 is 0. The summed E-state index contributed by atoms with van der Waals surface area (Å²) in [6, 6.07) is 25.5. The number of nitrogens with zero attached hydrogens (tertiary/aromatic N) is 1. The molecule has 0 radical (unpaired) electrons. The highest BCUT2D eigenvalue weighted by molar-refractivity contribution is 5.78. The number of hydrogen-bond donors (Lipinski definition) is 0. The van der Waals surface area contributed by atoms with Crippen LogP contribution >= 0.6 is 0 Å². The van der Waals surface area contributed by atoms with Gasteiger partial charge in [-0.1, -0.05) is 67.4 Å². The predicted molar refractivity (Wildman–Crippen MR) is 125 cm³/mol. The lowest BCUT2D eigenvalue weighted by molar-refractivity contribution is -0.147. The lowest BCUT2D eigenvalue weighted by Crippen LogP contribution is -2.17. The van der Waals surface area contributed by atoms with E-state index in [0.717, 1.165) is 29.0 Å². The van der Waals surface area contributed by atoms with Crippen LogP contribution in [0.15, 0.2) is 72.8 Å². The first-order valence-corrected chi connectivity index (χ1v) is 10.7. The second-order valence-electron chi connectivity index (χ2n) is 7.86. The molecule has 0 aliphatic rings. The van der Waals surface area contributed by atoms with Gasteiger partial charge in [-0.2, -0.15) is 0 Å². The second-order valence-corrected chi connectivity index (χ2v) is 7.86. The van der Waals surface area contributed by atoms with E-state index in [1.807, 2.05) is 19.9 Å². The summed E-state index contributed by atoms with van der Waals surface area (Å²) < 4.78 is 5.52. The third-order valence-corrected chi connectivity index (χ3v) is 5.45. The first kappa shape index (κ1) is 21.6. The minimum absolute atomic E-state index is 0.0585. The molecule has 156 valence electrons. The van der Waals surface area contributed by atoms with Crippen LogP contribution in [0.4, 0.5) is 17.1 Å². The van der Waals surface area contributed by atoms with Crippen molar-refractivity contribution in [2.24, 2.45) is 5.92 Å². The molecule has 0 bridgehead atoms. The molecule has 0 amide bonds. The fourth-order valence-electron chi connectivity index (χ4n) is 3.33. The van der Waals surface area contributed by atoms with Gasteiger partial charge in [0.05, 0.1) is 12.5 Å². The van der Waals surface area contributed by atoms with E-state index in [2.05, 4.69) is 85.5 Å². The molecule has 1 atom stereocenters. The van der Waals surface area contributed by atoms with Crippen molar-refractivity contribution in [3.63, 3.8) is 0 Å². The molecule has 1 unspecified atom stereocenters. The maximum atomic E-state index is 12.1. The first-order chi connectivity index (χ1) is 14.5. The van der Waals surface area contributed by atoms with Gasteiger partial charge in [0.15, 0.2) is 0 Å². The molecule has 0 aliphatic heterocycles. The number of carbonyl (C=O) groups is 1. The number of hydrogen-bond acceptors (Lipinski definition) is 3. The van der Waals surface area contributed by atoms with Crippen LogP contribution < -0.4 is 4.90 Å². The van der Waals surface area contributed by atoms with Crippen molar-refractivity contribution in [2.45, 2.75) is 40.5 Å². The molecule has 3 nitrogen and oxygen atoms in total. The summed E-state index contributed by atoms with van der Waals surface area (Å²) in [5, 5.41) is 0. The number of para-hydroxylation sites is 1. The number of rotatable bonds is 8. The van der Waals surface area contributed by atoms with Crippen LogP contribution in [-0.4, -0.2) is 12.6 Å². The maximum Gasteiger partial charge on any atom is 0.308 e. The van der Waals surface area contributed by atoms with Gasteiger partial charge in [0.2, 0.25) is 0 Å². The zero-order valence-electron chi connectivity index (χ0n) is 18.4. The summed E-state index contributed by atoms with van der Waals surface area (Å²) in [5.41, 5.74) is 6.92. The molecule has 3 heteroatoms. The van der Waals surface area contributed by atoms with Gasteiger partial charge in [-0.3, -0.25) is 4.79 Å². The number of aryl methyl sites for hydroxylation is 2. The maximum absolute atomic E-state index is 12.1. The summed E-state index contributed by atoms with van der Waals surface area (Å²) in [4.78, 5) is 14.3. The van der Waals surface area contributed by atoms with Crippen LogP contribution in [0.25, 0.3) is 0 Å². The van der Waals surface area contributed by atoms with Crippen LogP contribution in [-0.2, 0) is 16.0 Å². The molecule has 0 aliphatic carbocycles. The van der Waals surface area contributed by atoms with Crippen molar-refractivity contribution in [3.05, 3.63) is 89.5 Å². The van der Waals surface area contributed by atoms with Crippen LogP contribution in [0, 0.1) is 19.8 Å². The Morgan fingerprint density at radius 3 is 1.93 bits per heavy atom. The average molecular weight is 402 g/mol. The van der Waals surface area contributed by atoms with Crippen LogP contribution in [0.3, 0.4) is 0 Å². The van der Waals surface area contributed by atoms with E-state index in [1.54, 1.807) is 0 Å². The summed E-state index contributed by atoms with van der Waals surface area (Å²) in [6.45, 7) is 8.49. The number of esters is 1. The molecular formula is C27H31NO2. The zero-order chi connectivity index (χ0) is 21.5. The quantitative estimate of drug-likeness (QED) is 0.384. The Morgan fingerprint density at radius 1 is 0.867 bits per heavy atom. The van der Waals surface area contributed by atoms with Gasteiger partial charge in [0.1, 0.15) is 0 Å². The molecule has 3 rings (SSSR count). The second kappa shape index (κ2) is 10.1. The molecule has 0 spiro atoms.